The summed E-state index contributed by atoms with van der Waals surface area (Å²) in [4.78, 5) is 49.2. The second kappa shape index (κ2) is 14.3. The number of nitrogens with zero attached hydrogens (tertiary/aromatic N) is 4. The van der Waals surface area contributed by atoms with Gasteiger partial charge in [0, 0.05) is 38.3 Å². The fourth-order valence-electron chi connectivity index (χ4n) is 6.14. The Bertz CT molecular complexity index is 1250. The Morgan fingerprint density at radius 2 is 1.64 bits per heavy atom. The number of hydrogen-bond acceptors (Lipinski definition) is 7. The van der Waals surface area contributed by atoms with Gasteiger partial charge in [-0.2, -0.15) is 0 Å². The SMILES string of the molecule is CCN(CC)CCN1CN(c2ccccc2)C2(CCN(C(=O)[C@@H](Cc3ccc(OC)cc3)NC(=O)OC(C)(C)C)CC2)C1=O. The van der Waals surface area contributed by atoms with Gasteiger partial charge in [0.15, 0.2) is 0 Å². The zero-order valence-electron chi connectivity index (χ0n) is 27.2. The number of methoxy groups -OCH3 is 1. The van der Waals surface area contributed by atoms with E-state index < -0.39 is 23.3 Å². The van der Waals surface area contributed by atoms with Crippen LogP contribution in [0.4, 0.5) is 10.5 Å². The maximum atomic E-state index is 14.1. The number of nitrogens with one attached hydrogen (secondary N) is 1. The zero-order chi connectivity index (χ0) is 31.9. The van der Waals surface area contributed by atoms with Crippen molar-refractivity contribution in [1.82, 2.24) is 20.0 Å². The van der Waals surface area contributed by atoms with Crippen LogP contribution in [-0.4, -0.2) is 103 Å². The average molecular weight is 608 g/mol. The van der Waals surface area contributed by atoms with Crippen molar-refractivity contribution in [3.63, 3.8) is 0 Å². The number of rotatable bonds is 11. The number of alkyl carbamates (subject to hydrolysis) is 1. The van der Waals surface area contributed by atoms with E-state index in [2.05, 4.69) is 41.1 Å². The van der Waals surface area contributed by atoms with E-state index in [0.717, 1.165) is 30.9 Å². The summed E-state index contributed by atoms with van der Waals surface area (Å²) >= 11 is 0. The highest BCUT2D eigenvalue weighted by atomic mass is 16.6. The van der Waals surface area contributed by atoms with Gasteiger partial charge in [0.25, 0.3) is 0 Å². The predicted octanol–water partition coefficient (Wildman–Crippen LogP) is 4.14. The Morgan fingerprint density at radius 1 is 1.00 bits per heavy atom. The first-order valence-electron chi connectivity index (χ1n) is 15.7. The summed E-state index contributed by atoms with van der Waals surface area (Å²) in [5.74, 6) is 0.660. The first-order valence-corrected chi connectivity index (χ1v) is 15.7. The van der Waals surface area contributed by atoms with Crippen molar-refractivity contribution < 1.29 is 23.9 Å². The van der Waals surface area contributed by atoms with Gasteiger partial charge in [-0.3, -0.25) is 9.59 Å². The normalized spacial score (nSPS) is 17.2. The average Bonchev–Trinajstić information content (AvgIpc) is 3.27. The highest BCUT2D eigenvalue weighted by molar-refractivity contribution is 5.94. The van der Waals surface area contributed by atoms with Crippen LogP contribution in [0.1, 0.15) is 53.0 Å². The molecule has 0 unspecified atom stereocenters. The summed E-state index contributed by atoms with van der Waals surface area (Å²) in [5.41, 5.74) is 0.482. The van der Waals surface area contributed by atoms with Crippen molar-refractivity contribution in [2.24, 2.45) is 0 Å². The van der Waals surface area contributed by atoms with Crippen LogP contribution < -0.4 is 15.0 Å². The third-order valence-corrected chi connectivity index (χ3v) is 8.65. The number of ether oxygens (including phenoxy) is 2. The lowest BCUT2D eigenvalue weighted by Gasteiger charge is -2.44. The largest absolute Gasteiger partial charge is 0.497 e. The van der Waals surface area contributed by atoms with Gasteiger partial charge in [-0.25, -0.2) is 4.79 Å². The van der Waals surface area contributed by atoms with Gasteiger partial charge in [0.2, 0.25) is 11.8 Å². The summed E-state index contributed by atoms with van der Waals surface area (Å²) < 4.78 is 10.8. The minimum atomic E-state index is -0.817. The second-order valence-electron chi connectivity index (χ2n) is 12.6. The first kappa shape index (κ1) is 33.1. The Morgan fingerprint density at radius 3 is 2.20 bits per heavy atom. The van der Waals surface area contributed by atoms with Gasteiger partial charge in [-0.1, -0.05) is 44.2 Å². The molecule has 2 aliphatic heterocycles. The van der Waals surface area contributed by atoms with Gasteiger partial charge in [-0.05, 0) is 76.5 Å². The third kappa shape index (κ3) is 7.83. The fraction of sp³-hybridized carbons (Fsp3) is 0.559. The molecule has 2 aromatic rings. The van der Waals surface area contributed by atoms with E-state index in [1.807, 2.05) is 47.4 Å². The summed E-state index contributed by atoms with van der Waals surface area (Å²) in [7, 11) is 1.60. The molecule has 0 saturated carbocycles. The van der Waals surface area contributed by atoms with Crippen molar-refractivity contribution in [3.05, 3.63) is 60.2 Å². The van der Waals surface area contributed by atoms with E-state index in [1.54, 1.807) is 32.8 Å². The number of hydrogen-bond donors (Lipinski definition) is 1. The van der Waals surface area contributed by atoms with Gasteiger partial charge in [0.05, 0.1) is 13.8 Å². The van der Waals surface area contributed by atoms with E-state index in [0.29, 0.717) is 51.3 Å². The van der Waals surface area contributed by atoms with Crippen LogP contribution in [0.25, 0.3) is 0 Å². The van der Waals surface area contributed by atoms with Crippen LogP contribution in [-0.2, 0) is 20.7 Å². The van der Waals surface area contributed by atoms with Crippen LogP contribution in [0.3, 0.4) is 0 Å². The van der Waals surface area contributed by atoms with E-state index >= 15 is 0 Å². The molecule has 10 heteroatoms. The van der Waals surface area contributed by atoms with E-state index in [9.17, 15) is 14.4 Å². The van der Waals surface area contributed by atoms with Crippen molar-refractivity contribution >= 4 is 23.6 Å². The maximum absolute atomic E-state index is 14.1. The molecule has 1 N–H and O–H groups in total. The van der Waals surface area contributed by atoms with Crippen LogP contribution >= 0.6 is 0 Å². The highest BCUT2D eigenvalue weighted by Gasteiger charge is 2.54. The number of amides is 3. The summed E-state index contributed by atoms with van der Waals surface area (Å²) in [6, 6.07) is 16.7. The molecule has 240 valence electrons. The van der Waals surface area contributed by atoms with Crippen LogP contribution in [0, 0.1) is 0 Å². The standard InChI is InChI=1S/C34H49N5O5/c1-7-36(8-2)22-23-38-25-39(27-12-10-9-11-13-27)34(31(38)41)18-20-37(21-19-34)30(40)29(35-32(42)44-33(3,4)5)24-26-14-16-28(43-6)17-15-26/h9-17,29H,7-8,18-25H2,1-6H3,(H,35,42)/t29-/m1/s1. The van der Waals surface area contributed by atoms with Crippen molar-refractivity contribution in [2.45, 2.75) is 71.1 Å². The quantitative estimate of drug-likeness (QED) is 0.410. The molecule has 4 rings (SSSR count). The number of likely N-dealkylation sites (N-methyl/N-ethyl adjacent to an activating group) is 1. The van der Waals surface area contributed by atoms with E-state index in [1.165, 1.54) is 0 Å². The second-order valence-corrected chi connectivity index (χ2v) is 12.6. The summed E-state index contributed by atoms with van der Waals surface area (Å²) in [5, 5.41) is 2.82. The molecule has 2 fully saturated rings. The molecular weight excluding hydrogens is 558 g/mol. The van der Waals surface area contributed by atoms with Crippen LogP contribution in [0.2, 0.25) is 0 Å². The van der Waals surface area contributed by atoms with Crippen molar-refractivity contribution in [2.75, 3.05) is 57.9 Å². The molecule has 0 radical (unpaired) electrons. The zero-order valence-corrected chi connectivity index (χ0v) is 27.2. The van der Waals surface area contributed by atoms with Gasteiger partial charge in [-0.15, -0.1) is 0 Å². The molecular formula is C34H49N5O5. The number of para-hydroxylation sites is 1. The third-order valence-electron chi connectivity index (χ3n) is 8.65. The molecule has 3 amide bonds. The Kier molecular flexibility index (Phi) is 10.8. The number of anilines is 1. The number of benzene rings is 2. The smallest absolute Gasteiger partial charge is 0.408 e. The molecule has 2 aromatic carbocycles. The lowest BCUT2D eigenvalue weighted by molar-refractivity contribution is -0.139. The molecule has 2 aliphatic rings. The summed E-state index contributed by atoms with van der Waals surface area (Å²) in [6.07, 6.45) is 0.687. The minimum Gasteiger partial charge on any atom is -0.497 e. The minimum absolute atomic E-state index is 0.127. The number of piperidine rings is 1. The number of likely N-dealkylation sites (tertiary alicyclic amines) is 1. The predicted molar refractivity (Wildman–Crippen MR) is 172 cm³/mol. The molecule has 1 atom stereocenters. The highest BCUT2D eigenvalue weighted by Crippen LogP contribution is 2.39. The summed E-state index contributed by atoms with van der Waals surface area (Å²) in [6.45, 7) is 14.4. The first-order chi connectivity index (χ1) is 21.0. The molecule has 0 aliphatic carbocycles. The van der Waals surface area contributed by atoms with Crippen LogP contribution in [0.5, 0.6) is 5.75 Å². The Hall–Kier alpha value is -3.79. The van der Waals surface area contributed by atoms with Gasteiger partial charge >= 0.3 is 6.09 Å². The van der Waals surface area contributed by atoms with E-state index in [4.69, 9.17) is 9.47 Å². The molecule has 44 heavy (non-hydrogen) atoms. The molecule has 0 bridgehead atoms. The Balaban J connectivity index is 1.52. The van der Waals surface area contributed by atoms with E-state index in [-0.39, 0.29) is 11.8 Å². The number of carbonyl (C=O) groups is 3. The topological polar surface area (TPSA) is 94.7 Å². The Labute approximate surface area is 262 Å². The monoisotopic (exact) mass is 607 g/mol. The van der Waals surface area contributed by atoms with Crippen molar-refractivity contribution in [1.29, 1.82) is 0 Å². The molecule has 1 spiro atoms. The maximum Gasteiger partial charge on any atom is 0.408 e. The van der Waals surface area contributed by atoms with Crippen molar-refractivity contribution in [3.8, 4) is 5.75 Å². The lowest BCUT2D eigenvalue weighted by atomic mass is 9.85. The van der Waals surface area contributed by atoms with Crippen LogP contribution in [0.15, 0.2) is 54.6 Å². The molecule has 2 saturated heterocycles. The van der Waals surface area contributed by atoms with Gasteiger partial charge in [0.1, 0.15) is 22.9 Å². The van der Waals surface area contributed by atoms with Gasteiger partial charge < -0.3 is 34.4 Å². The fourth-order valence-corrected chi connectivity index (χ4v) is 6.14. The number of carbonyl (C=O) groups excluding carboxylic acids is 3. The molecule has 2 heterocycles. The lowest BCUT2D eigenvalue weighted by Crippen LogP contribution is -2.60. The molecule has 0 aromatic heterocycles. The molecule has 10 nitrogen and oxygen atoms in total.